The number of carbonyl (C=O) groups excluding carboxylic acids is 1. The van der Waals surface area contributed by atoms with Gasteiger partial charge in [0.15, 0.2) is 0 Å². The van der Waals surface area contributed by atoms with Crippen molar-refractivity contribution in [3.8, 4) is 0 Å². The van der Waals surface area contributed by atoms with Crippen molar-refractivity contribution in [3.63, 3.8) is 0 Å². The molecule has 1 amide bonds. The number of aryl methyl sites for hydroxylation is 1. The minimum Gasteiger partial charge on any atom is -0.343 e. The van der Waals surface area contributed by atoms with Crippen LogP contribution < -0.4 is 10.6 Å². The summed E-state index contributed by atoms with van der Waals surface area (Å²) >= 11 is 1.51. The average molecular weight is 353 g/mol. The van der Waals surface area contributed by atoms with Gasteiger partial charge in [0.1, 0.15) is 17.8 Å². The highest BCUT2D eigenvalue weighted by Gasteiger charge is 2.45. The highest BCUT2D eigenvalue weighted by atomic mass is 32.1. The number of amides is 1. The Bertz CT molecular complexity index is 983. The van der Waals surface area contributed by atoms with Crippen LogP contribution in [0, 0.1) is 6.92 Å². The van der Waals surface area contributed by atoms with Gasteiger partial charge in [-0.05, 0) is 31.9 Å². The maximum absolute atomic E-state index is 12.5. The fourth-order valence-electron chi connectivity index (χ4n) is 4.16. The molecule has 0 bridgehead atoms. The second-order valence-corrected chi connectivity index (χ2v) is 8.06. The summed E-state index contributed by atoms with van der Waals surface area (Å²) in [6.07, 6.45) is 7.24. The zero-order chi connectivity index (χ0) is 17.0. The first-order chi connectivity index (χ1) is 12.1. The first-order valence-electron chi connectivity index (χ1n) is 8.69. The molecule has 7 heteroatoms. The van der Waals surface area contributed by atoms with Crippen LogP contribution in [0.5, 0.6) is 0 Å². The van der Waals surface area contributed by atoms with E-state index in [2.05, 4.69) is 31.7 Å². The maximum atomic E-state index is 12.5. The van der Waals surface area contributed by atoms with E-state index in [-0.39, 0.29) is 11.4 Å². The van der Waals surface area contributed by atoms with Crippen LogP contribution >= 0.6 is 11.3 Å². The summed E-state index contributed by atoms with van der Waals surface area (Å²) in [5.41, 5.74) is 2.89. The van der Waals surface area contributed by atoms with Crippen molar-refractivity contribution >= 4 is 39.1 Å². The van der Waals surface area contributed by atoms with Crippen molar-refractivity contribution in [2.45, 2.75) is 44.6 Å². The Hall–Kier alpha value is -2.41. The Labute approximate surface area is 149 Å². The summed E-state index contributed by atoms with van der Waals surface area (Å²) in [7, 11) is 0. The van der Waals surface area contributed by atoms with Crippen LogP contribution in [0.1, 0.15) is 53.0 Å². The average Bonchev–Trinajstić information content (AvgIpc) is 3.24. The van der Waals surface area contributed by atoms with E-state index in [1.807, 2.05) is 13.0 Å². The monoisotopic (exact) mass is 353 g/mol. The summed E-state index contributed by atoms with van der Waals surface area (Å²) in [5, 5.41) is 8.58. The minimum atomic E-state index is -0.146. The molecule has 0 radical (unpaired) electrons. The fraction of sp³-hybridized carbons (Fsp3) is 0.389. The summed E-state index contributed by atoms with van der Waals surface area (Å²) in [6.45, 7) is 2.00. The van der Waals surface area contributed by atoms with Gasteiger partial charge < -0.3 is 15.6 Å². The summed E-state index contributed by atoms with van der Waals surface area (Å²) in [4.78, 5) is 25.2. The van der Waals surface area contributed by atoms with Crippen LogP contribution in [0.4, 0.5) is 10.8 Å². The number of hydrogen-bond acceptors (Lipinski definition) is 5. The number of aromatic nitrogens is 3. The Morgan fingerprint density at radius 3 is 2.88 bits per heavy atom. The number of thiophene rings is 1. The molecule has 1 aliphatic heterocycles. The lowest BCUT2D eigenvalue weighted by atomic mass is 9.78. The van der Waals surface area contributed by atoms with Crippen LogP contribution in [0.3, 0.4) is 0 Å². The lowest BCUT2D eigenvalue weighted by molar-refractivity contribution is 0.0912. The molecule has 5 rings (SSSR count). The van der Waals surface area contributed by atoms with Gasteiger partial charge in [-0.3, -0.25) is 4.79 Å². The van der Waals surface area contributed by atoms with E-state index in [1.54, 1.807) is 6.33 Å². The van der Waals surface area contributed by atoms with E-state index in [9.17, 15) is 4.79 Å². The van der Waals surface area contributed by atoms with E-state index in [0.29, 0.717) is 0 Å². The highest BCUT2D eigenvalue weighted by Crippen LogP contribution is 2.47. The standard InChI is InChI=1S/C18H19N5OS/c1-10-7-11-15(21-10)19-9-20-16(11)22-13-8-12-14(25-13)17(24)23-18(12)5-3-2-4-6-18/h7-9H,2-6H2,1H3,(H,23,24)(H2,19,20,21,22). The number of carbonyl (C=O) groups is 1. The van der Waals surface area contributed by atoms with Gasteiger partial charge in [0.2, 0.25) is 0 Å². The lowest BCUT2D eigenvalue weighted by Crippen LogP contribution is -2.40. The normalized spacial score (nSPS) is 18.5. The van der Waals surface area contributed by atoms with E-state index >= 15 is 0 Å². The maximum Gasteiger partial charge on any atom is 0.262 e. The number of aromatic amines is 1. The first-order valence-corrected chi connectivity index (χ1v) is 9.50. The van der Waals surface area contributed by atoms with Gasteiger partial charge in [-0.25, -0.2) is 9.97 Å². The smallest absolute Gasteiger partial charge is 0.262 e. The second kappa shape index (κ2) is 5.29. The molecule has 3 aromatic heterocycles. The number of nitrogens with zero attached hydrogens (tertiary/aromatic N) is 2. The molecule has 25 heavy (non-hydrogen) atoms. The van der Waals surface area contributed by atoms with Crippen molar-refractivity contribution < 1.29 is 4.79 Å². The van der Waals surface area contributed by atoms with Crippen molar-refractivity contribution in [2.24, 2.45) is 0 Å². The van der Waals surface area contributed by atoms with Crippen molar-refractivity contribution in [1.82, 2.24) is 20.3 Å². The molecule has 0 saturated heterocycles. The third-order valence-electron chi connectivity index (χ3n) is 5.32. The number of hydrogen-bond donors (Lipinski definition) is 3. The molecule has 6 nitrogen and oxygen atoms in total. The van der Waals surface area contributed by atoms with Gasteiger partial charge in [0.25, 0.3) is 5.91 Å². The van der Waals surface area contributed by atoms with E-state index in [1.165, 1.54) is 36.2 Å². The number of nitrogens with one attached hydrogen (secondary N) is 3. The van der Waals surface area contributed by atoms with E-state index in [4.69, 9.17) is 0 Å². The topological polar surface area (TPSA) is 82.7 Å². The largest absolute Gasteiger partial charge is 0.343 e. The first kappa shape index (κ1) is 14.9. The molecule has 128 valence electrons. The van der Waals surface area contributed by atoms with Gasteiger partial charge in [-0.2, -0.15) is 0 Å². The van der Waals surface area contributed by atoms with Crippen LogP contribution in [0.2, 0.25) is 0 Å². The minimum absolute atomic E-state index is 0.0697. The molecule has 1 saturated carbocycles. The quantitative estimate of drug-likeness (QED) is 0.651. The summed E-state index contributed by atoms with van der Waals surface area (Å²) < 4.78 is 0. The Balaban J connectivity index is 1.53. The molecular formula is C18H19N5OS. The van der Waals surface area contributed by atoms with Gasteiger partial charge in [-0.1, -0.05) is 19.3 Å². The van der Waals surface area contributed by atoms with E-state index in [0.717, 1.165) is 45.3 Å². The van der Waals surface area contributed by atoms with Gasteiger partial charge in [0, 0.05) is 11.3 Å². The van der Waals surface area contributed by atoms with Crippen LogP contribution in [-0.4, -0.2) is 20.9 Å². The number of anilines is 2. The number of fused-ring (bicyclic) bond motifs is 3. The third kappa shape index (κ3) is 2.26. The lowest BCUT2D eigenvalue weighted by Gasteiger charge is -2.33. The molecule has 3 N–H and O–H groups in total. The Morgan fingerprint density at radius 1 is 1.20 bits per heavy atom. The van der Waals surface area contributed by atoms with Crippen molar-refractivity contribution in [2.75, 3.05) is 5.32 Å². The predicted octanol–water partition coefficient (Wildman–Crippen LogP) is 3.97. The molecule has 1 aliphatic carbocycles. The zero-order valence-electron chi connectivity index (χ0n) is 14.0. The van der Waals surface area contributed by atoms with Crippen molar-refractivity contribution in [1.29, 1.82) is 0 Å². The highest BCUT2D eigenvalue weighted by molar-refractivity contribution is 7.18. The molecule has 1 spiro atoms. The SMILES string of the molecule is Cc1cc2c(Nc3cc4c(s3)C(=O)NC43CCCCC3)ncnc2[nH]1. The van der Waals surface area contributed by atoms with Gasteiger partial charge in [0.05, 0.1) is 20.8 Å². The molecule has 0 atom stereocenters. The number of H-pyrrole nitrogens is 1. The Kier molecular flexibility index (Phi) is 3.15. The molecule has 1 fully saturated rings. The molecule has 4 heterocycles. The number of rotatable bonds is 2. The molecule has 0 unspecified atom stereocenters. The molecule has 3 aromatic rings. The van der Waals surface area contributed by atoms with Crippen molar-refractivity contribution in [3.05, 3.63) is 34.6 Å². The Morgan fingerprint density at radius 2 is 2.04 bits per heavy atom. The van der Waals surface area contributed by atoms with E-state index < -0.39 is 0 Å². The van der Waals surface area contributed by atoms with Gasteiger partial charge in [-0.15, -0.1) is 11.3 Å². The van der Waals surface area contributed by atoms with Crippen LogP contribution in [-0.2, 0) is 5.54 Å². The predicted molar refractivity (Wildman–Crippen MR) is 98.5 cm³/mol. The summed E-state index contributed by atoms with van der Waals surface area (Å²) in [5.74, 6) is 0.840. The zero-order valence-corrected chi connectivity index (χ0v) is 14.8. The van der Waals surface area contributed by atoms with Gasteiger partial charge >= 0.3 is 0 Å². The molecule has 2 aliphatic rings. The molecular weight excluding hydrogens is 334 g/mol. The van der Waals surface area contributed by atoms with Crippen LogP contribution in [0.15, 0.2) is 18.5 Å². The molecule has 0 aromatic carbocycles. The van der Waals surface area contributed by atoms with Crippen LogP contribution in [0.25, 0.3) is 11.0 Å². The third-order valence-corrected chi connectivity index (χ3v) is 6.36. The second-order valence-electron chi connectivity index (χ2n) is 7.01. The summed E-state index contributed by atoms with van der Waals surface area (Å²) in [6, 6.07) is 4.17. The fourth-order valence-corrected chi connectivity index (χ4v) is 5.21.